The summed E-state index contributed by atoms with van der Waals surface area (Å²) in [7, 11) is 0. The molecule has 4 nitrogen and oxygen atoms in total. The molecule has 1 amide bonds. The molecule has 4 heteroatoms. The van der Waals surface area contributed by atoms with Crippen LogP contribution in [0.25, 0.3) is 0 Å². The number of nitrogens with one attached hydrogen (secondary N) is 1. The molecule has 0 radical (unpaired) electrons. The van der Waals surface area contributed by atoms with Crippen LogP contribution in [0, 0.1) is 5.92 Å². The molecule has 0 aromatic rings. The normalized spacial score (nSPS) is 27.8. The number of ether oxygens (including phenoxy) is 1. The third-order valence-corrected chi connectivity index (χ3v) is 1.90. The van der Waals surface area contributed by atoms with E-state index in [0.29, 0.717) is 5.92 Å². The Hall–Kier alpha value is -1.06. The Bertz CT molecular complexity index is 212. The van der Waals surface area contributed by atoms with Crippen LogP contribution in [0.3, 0.4) is 0 Å². The molecule has 12 heavy (non-hydrogen) atoms. The van der Waals surface area contributed by atoms with Crippen LogP contribution in [0.5, 0.6) is 0 Å². The van der Waals surface area contributed by atoms with Crippen LogP contribution >= 0.6 is 0 Å². The first-order valence-corrected chi connectivity index (χ1v) is 4.00. The number of amides is 1. The molecule has 1 rings (SSSR count). The van der Waals surface area contributed by atoms with Gasteiger partial charge in [0.2, 0.25) is 0 Å². The summed E-state index contributed by atoms with van der Waals surface area (Å²) in [4.78, 5) is 21.5. The lowest BCUT2D eigenvalue weighted by Crippen LogP contribution is -2.65. The minimum Gasteiger partial charge on any atom is -0.450 e. The molecule has 0 bridgehead atoms. The fourth-order valence-electron chi connectivity index (χ4n) is 1.21. The Labute approximate surface area is 71.3 Å². The van der Waals surface area contributed by atoms with Gasteiger partial charge in [-0.05, 0) is 5.92 Å². The Morgan fingerprint density at radius 1 is 1.58 bits per heavy atom. The SMILES string of the molecule is CC(=O)OC1C(=O)NC1C(C)C. The molecule has 1 fully saturated rings. The third kappa shape index (κ3) is 1.57. The Morgan fingerprint density at radius 2 is 2.17 bits per heavy atom. The highest BCUT2D eigenvalue weighted by atomic mass is 16.6. The van der Waals surface area contributed by atoms with Gasteiger partial charge >= 0.3 is 5.97 Å². The summed E-state index contributed by atoms with van der Waals surface area (Å²) in [5.74, 6) is -0.295. The van der Waals surface area contributed by atoms with E-state index in [1.165, 1.54) is 6.92 Å². The van der Waals surface area contributed by atoms with Gasteiger partial charge in [-0.1, -0.05) is 13.8 Å². The summed E-state index contributed by atoms with van der Waals surface area (Å²) >= 11 is 0. The number of β-lactam (4-membered cyclic amide) rings is 1. The molecule has 1 heterocycles. The third-order valence-electron chi connectivity index (χ3n) is 1.90. The van der Waals surface area contributed by atoms with Gasteiger partial charge in [0.15, 0.2) is 6.10 Å². The molecule has 1 aliphatic rings. The fourth-order valence-corrected chi connectivity index (χ4v) is 1.21. The van der Waals surface area contributed by atoms with Gasteiger partial charge in [0.25, 0.3) is 5.91 Å². The minimum absolute atomic E-state index is 0.0126. The van der Waals surface area contributed by atoms with E-state index in [0.717, 1.165) is 0 Å². The van der Waals surface area contributed by atoms with Crippen molar-refractivity contribution in [3.8, 4) is 0 Å². The van der Waals surface area contributed by atoms with Crippen molar-refractivity contribution in [3.05, 3.63) is 0 Å². The largest absolute Gasteiger partial charge is 0.450 e. The van der Waals surface area contributed by atoms with Crippen molar-refractivity contribution in [2.45, 2.75) is 32.9 Å². The second-order valence-corrected chi connectivity index (χ2v) is 3.31. The van der Waals surface area contributed by atoms with Crippen molar-refractivity contribution in [1.29, 1.82) is 0 Å². The lowest BCUT2D eigenvalue weighted by Gasteiger charge is -2.38. The number of rotatable bonds is 2. The minimum atomic E-state index is -0.567. The molecule has 0 aromatic heterocycles. The quantitative estimate of drug-likeness (QED) is 0.472. The molecule has 1 N–H and O–H groups in total. The highest BCUT2D eigenvalue weighted by molar-refractivity contribution is 5.90. The lowest BCUT2D eigenvalue weighted by molar-refractivity contribution is -0.165. The van der Waals surface area contributed by atoms with Crippen LogP contribution in [-0.2, 0) is 14.3 Å². The summed E-state index contributed by atoms with van der Waals surface area (Å²) in [5, 5.41) is 2.68. The zero-order chi connectivity index (χ0) is 9.30. The van der Waals surface area contributed by atoms with Crippen molar-refractivity contribution in [1.82, 2.24) is 5.32 Å². The van der Waals surface area contributed by atoms with Crippen LogP contribution in [0.1, 0.15) is 20.8 Å². The lowest BCUT2D eigenvalue weighted by atomic mass is 9.91. The summed E-state index contributed by atoms with van der Waals surface area (Å²) in [6.45, 7) is 5.25. The molecule has 1 aliphatic heterocycles. The van der Waals surface area contributed by atoms with E-state index in [4.69, 9.17) is 4.74 Å². The Balaban J connectivity index is 2.50. The van der Waals surface area contributed by atoms with Gasteiger partial charge in [-0.25, -0.2) is 0 Å². The van der Waals surface area contributed by atoms with E-state index in [1.807, 2.05) is 13.8 Å². The number of hydrogen-bond acceptors (Lipinski definition) is 3. The monoisotopic (exact) mass is 171 g/mol. The predicted octanol–water partition coefficient (Wildman–Crippen LogP) is 0.0725. The molecule has 0 aliphatic carbocycles. The Kier molecular flexibility index (Phi) is 2.35. The first kappa shape index (κ1) is 9.03. The van der Waals surface area contributed by atoms with Crippen LogP contribution in [-0.4, -0.2) is 24.0 Å². The summed E-state index contributed by atoms with van der Waals surface area (Å²) in [6.07, 6.45) is -0.567. The van der Waals surface area contributed by atoms with Crippen LogP contribution in [0.2, 0.25) is 0 Å². The first-order chi connectivity index (χ1) is 5.52. The van der Waals surface area contributed by atoms with Crippen LogP contribution in [0.15, 0.2) is 0 Å². The van der Waals surface area contributed by atoms with E-state index in [1.54, 1.807) is 0 Å². The van der Waals surface area contributed by atoms with Gasteiger partial charge in [-0.15, -0.1) is 0 Å². The average Bonchev–Trinajstić information content (AvgIpc) is 1.95. The second kappa shape index (κ2) is 3.13. The second-order valence-electron chi connectivity index (χ2n) is 3.31. The van der Waals surface area contributed by atoms with Gasteiger partial charge in [0.1, 0.15) is 0 Å². The maximum atomic E-state index is 10.9. The maximum Gasteiger partial charge on any atom is 0.303 e. The molecule has 0 spiro atoms. The summed E-state index contributed by atoms with van der Waals surface area (Å²) in [6, 6.07) is -0.0126. The predicted molar refractivity (Wildman–Crippen MR) is 42.3 cm³/mol. The smallest absolute Gasteiger partial charge is 0.303 e. The maximum absolute atomic E-state index is 10.9. The number of carbonyl (C=O) groups is 2. The van der Waals surface area contributed by atoms with Crippen molar-refractivity contribution < 1.29 is 14.3 Å². The standard InChI is InChI=1S/C8H13NO3/c1-4(2)6-7(8(11)9-6)12-5(3)10/h4,6-7H,1-3H3,(H,9,11). The molecular weight excluding hydrogens is 158 g/mol. The van der Waals surface area contributed by atoms with E-state index >= 15 is 0 Å². The molecule has 2 atom stereocenters. The van der Waals surface area contributed by atoms with Gasteiger partial charge in [-0.3, -0.25) is 9.59 Å². The number of carbonyl (C=O) groups excluding carboxylic acids is 2. The van der Waals surface area contributed by atoms with E-state index < -0.39 is 12.1 Å². The number of hydrogen-bond donors (Lipinski definition) is 1. The van der Waals surface area contributed by atoms with Crippen molar-refractivity contribution in [3.63, 3.8) is 0 Å². The molecular formula is C8H13NO3. The number of esters is 1. The summed E-state index contributed by atoms with van der Waals surface area (Å²) in [5.41, 5.74) is 0. The van der Waals surface area contributed by atoms with Gasteiger partial charge in [0.05, 0.1) is 6.04 Å². The highest BCUT2D eigenvalue weighted by Gasteiger charge is 2.43. The van der Waals surface area contributed by atoms with E-state index in [-0.39, 0.29) is 11.9 Å². The topological polar surface area (TPSA) is 55.4 Å². The molecule has 1 saturated heterocycles. The average molecular weight is 171 g/mol. The first-order valence-electron chi connectivity index (χ1n) is 4.00. The molecule has 0 saturated carbocycles. The van der Waals surface area contributed by atoms with E-state index in [9.17, 15) is 9.59 Å². The zero-order valence-electron chi connectivity index (χ0n) is 7.46. The fraction of sp³-hybridized carbons (Fsp3) is 0.750. The van der Waals surface area contributed by atoms with Gasteiger partial charge in [-0.2, -0.15) is 0 Å². The van der Waals surface area contributed by atoms with E-state index in [2.05, 4.69) is 5.32 Å². The Morgan fingerprint density at radius 3 is 2.50 bits per heavy atom. The summed E-state index contributed by atoms with van der Waals surface area (Å²) < 4.78 is 4.82. The van der Waals surface area contributed by atoms with Crippen LogP contribution < -0.4 is 5.32 Å². The zero-order valence-corrected chi connectivity index (χ0v) is 7.46. The molecule has 68 valence electrons. The molecule has 0 aromatic carbocycles. The van der Waals surface area contributed by atoms with Gasteiger partial charge < -0.3 is 10.1 Å². The van der Waals surface area contributed by atoms with Crippen molar-refractivity contribution in [2.75, 3.05) is 0 Å². The van der Waals surface area contributed by atoms with Crippen molar-refractivity contribution >= 4 is 11.9 Å². The van der Waals surface area contributed by atoms with Crippen LogP contribution in [0.4, 0.5) is 0 Å². The highest BCUT2D eigenvalue weighted by Crippen LogP contribution is 2.18. The van der Waals surface area contributed by atoms with Gasteiger partial charge in [0, 0.05) is 6.92 Å². The van der Waals surface area contributed by atoms with Crippen molar-refractivity contribution in [2.24, 2.45) is 5.92 Å². The molecule has 2 unspecified atom stereocenters.